The van der Waals surface area contributed by atoms with Crippen LogP contribution in [0.25, 0.3) is 0 Å². The van der Waals surface area contributed by atoms with Gasteiger partial charge < -0.3 is 5.11 Å². The first-order valence-electron chi connectivity index (χ1n) is 10.6. The average Bonchev–Trinajstić information content (AvgIpc) is 3.27. The highest BCUT2D eigenvalue weighted by atomic mass is 16.3. The molecule has 2 nitrogen and oxygen atoms in total. The van der Waals surface area contributed by atoms with Gasteiger partial charge in [0, 0.05) is 19.0 Å². The summed E-state index contributed by atoms with van der Waals surface area (Å²) in [5.74, 6) is 7.00. The lowest BCUT2D eigenvalue weighted by Crippen LogP contribution is -2.33. The van der Waals surface area contributed by atoms with E-state index in [1.165, 1.54) is 18.4 Å². The van der Waals surface area contributed by atoms with E-state index in [0.717, 1.165) is 31.5 Å². The summed E-state index contributed by atoms with van der Waals surface area (Å²) >= 11 is 0. The Bertz CT molecular complexity index is 768. The molecule has 1 saturated carbocycles. The van der Waals surface area contributed by atoms with Crippen molar-refractivity contribution in [2.24, 2.45) is 5.92 Å². The molecule has 0 aliphatic heterocycles. The van der Waals surface area contributed by atoms with Crippen molar-refractivity contribution in [3.63, 3.8) is 0 Å². The predicted octanol–water partition coefficient (Wildman–Crippen LogP) is 5.37. The van der Waals surface area contributed by atoms with Crippen molar-refractivity contribution in [1.82, 2.24) is 4.90 Å². The predicted molar refractivity (Wildman–Crippen MR) is 117 cm³/mol. The molecule has 2 aromatic carbocycles. The van der Waals surface area contributed by atoms with Crippen molar-refractivity contribution < 1.29 is 5.11 Å². The summed E-state index contributed by atoms with van der Waals surface area (Å²) in [6, 6.07) is 21.1. The van der Waals surface area contributed by atoms with Gasteiger partial charge in [0.25, 0.3) is 0 Å². The van der Waals surface area contributed by atoms with Gasteiger partial charge in [-0.25, -0.2) is 0 Å². The summed E-state index contributed by atoms with van der Waals surface area (Å²) in [5.41, 5.74) is 1.50. The Morgan fingerprint density at radius 1 is 0.964 bits per heavy atom. The van der Waals surface area contributed by atoms with Gasteiger partial charge >= 0.3 is 0 Å². The second-order valence-corrected chi connectivity index (χ2v) is 8.29. The van der Waals surface area contributed by atoms with Crippen LogP contribution in [0.15, 0.2) is 60.7 Å². The lowest BCUT2D eigenvalue weighted by molar-refractivity contribution is -0.0173. The average molecular weight is 376 g/mol. The zero-order chi connectivity index (χ0) is 19.8. The fraction of sp³-hybridized carbons (Fsp3) is 0.462. The number of hydrogen-bond acceptors (Lipinski definition) is 2. The zero-order valence-electron chi connectivity index (χ0n) is 17.3. The molecule has 148 valence electrons. The molecular formula is C26H33NO. The van der Waals surface area contributed by atoms with Crippen molar-refractivity contribution in [1.29, 1.82) is 0 Å². The lowest BCUT2D eigenvalue weighted by atomic mass is 9.78. The molecule has 0 radical (unpaired) electrons. The third-order valence-corrected chi connectivity index (χ3v) is 6.03. The minimum Gasteiger partial charge on any atom is -0.384 e. The highest BCUT2D eigenvalue weighted by molar-refractivity contribution is 5.26. The van der Waals surface area contributed by atoms with Gasteiger partial charge in [0.05, 0.1) is 6.54 Å². The maximum atomic E-state index is 11.6. The minimum atomic E-state index is -0.827. The lowest BCUT2D eigenvalue weighted by Gasteiger charge is -2.33. The van der Waals surface area contributed by atoms with E-state index in [-0.39, 0.29) is 0 Å². The van der Waals surface area contributed by atoms with Gasteiger partial charge in [-0.1, -0.05) is 85.3 Å². The molecule has 1 aliphatic carbocycles. The van der Waals surface area contributed by atoms with Gasteiger partial charge in [-0.3, -0.25) is 4.90 Å². The van der Waals surface area contributed by atoms with Crippen LogP contribution in [0.3, 0.4) is 0 Å². The third-order valence-electron chi connectivity index (χ3n) is 6.03. The van der Waals surface area contributed by atoms with Crippen LogP contribution in [0.5, 0.6) is 0 Å². The fourth-order valence-corrected chi connectivity index (χ4v) is 4.21. The van der Waals surface area contributed by atoms with Gasteiger partial charge in [0.1, 0.15) is 5.60 Å². The Morgan fingerprint density at radius 2 is 1.57 bits per heavy atom. The van der Waals surface area contributed by atoms with E-state index in [9.17, 15) is 5.11 Å². The molecule has 0 amide bonds. The van der Waals surface area contributed by atoms with E-state index < -0.39 is 5.60 Å². The smallest absolute Gasteiger partial charge is 0.103 e. The van der Waals surface area contributed by atoms with Crippen molar-refractivity contribution in [3.8, 4) is 11.8 Å². The summed E-state index contributed by atoms with van der Waals surface area (Å²) in [5, 5.41) is 11.6. The molecule has 0 heterocycles. The highest BCUT2D eigenvalue weighted by Gasteiger charge is 2.39. The Kier molecular flexibility index (Phi) is 7.31. The van der Waals surface area contributed by atoms with E-state index in [4.69, 9.17) is 0 Å². The quantitative estimate of drug-likeness (QED) is 0.658. The second-order valence-electron chi connectivity index (χ2n) is 8.29. The molecule has 2 aromatic rings. The van der Waals surface area contributed by atoms with Gasteiger partial charge in [0.15, 0.2) is 0 Å². The highest BCUT2D eigenvalue weighted by Crippen LogP contribution is 2.42. The second kappa shape index (κ2) is 9.92. The van der Waals surface area contributed by atoms with Gasteiger partial charge in [-0.15, -0.1) is 0 Å². The summed E-state index contributed by atoms with van der Waals surface area (Å²) < 4.78 is 0. The van der Waals surface area contributed by atoms with Crippen LogP contribution >= 0.6 is 0 Å². The molecule has 1 fully saturated rings. The molecule has 0 aromatic heterocycles. The van der Waals surface area contributed by atoms with Crippen molar-refractivity contribution >= 4 is 0 Å². The van der Waals surface area contributed by atoms with Crippen molar-refractivity contribution in [2.45, 2.75) is 64.1 Å². The molecule has 0 spiro atoms. The molecule has 0 bridgehead atoms. The summed E-state index contributed by atoms with van der Waals surface area (Å²) in [4.78, 5) is 2.37. The maximum Gasteiger partial charge on any atom is 0.103 e. The molecular weight excluding hydrogens is 342 g/mol. The van der Waals surface area contributed by atoms with Crippen LogP contribution in [0, 0.1) is 17.8 Å². The maximum absolute atomic E-state index is 11.6. The van der Waals surface area contributed by atoms with Crippen LogP contribution in [0.4, 0.5) is 0 Å². The number of aliphatic hydroxyl groups is 1. The van der Waals surface area contributed by atoms with E-state index in [1.807, 2.05) is 18.2 Å². The SMILES string of the molecule is CC(C)N(CC#CCC(O)(c1ccccc1)C1CCCC1)Cc1ccccc1. The number of hydrogen-bond donors (Lipinski definition) is 1. The van der Waals surface area contributed by atoms with E-state index in [0.29, 0.717) is 18.4 Å². The Balaban J connectivity index is 1.68. The normalized spacial score (nSPS) is 16.8. The van der Waals surface area contributed by atoms with Crippen LogP contribution in [-0.2, 0) is 12.1 Å². The largest absolute Gasteiger partial charge is 0.384 e. The van der Waals surface area contributed by atoms with Crippen molar-refractivity contribution in [3.05, 3.63) is 71.8 Å². The molecule has 28 heavy (non-hydrogen) atoms. The molecule has 1 N–H and O–H groups in total. The van der Waals surface area contributed by atoms with Crippen LogP contribution in [-0.4, -0.2) is 22.6 Å². The van der Waals surface area contributed by atoms with Gasteiger partial charge in [-0.05, 0) is 43.7 Å². The van der Waals surface area contributed by atoms with Gasteiger partial charge in [-0.2, -0.15) is 0 Å². The summed E-state index contributed by atoms with van der Waals surface area (Å²) in [6.45, 7) is 6.05. The molecule has 1 aliphatic rings. The zero-order valence-corrected chi connectivity index (χ0v) is 17.3. The van der Waals surface area contributed by atoms with E-state index >= 15 is 0 Å². The third kappa shape index (κ3) is 5.25. The topological polar surface area (TPSA) is 23.5 Å². The number of rotatable bonds is 7. The van der Waals surface area contributed by atoms with Crippen LogP contribution in [0.1, 0.15) is 57.1 Å². The Hall–Kier alpha value is -2.08. The van der Waals surface area contributed by atoms with E-state index in [1.54, 1.807) is 0 Å². The first kappa shape index (κ1) is 20.6. The number of benzene rings is 2. The Labute approximate surface area is 170 Å². The first-order chi connectivity index (χ1) is 13.6. The first-order valence-corrected chi connectivity index (χ1v) is 10.6. The molecule has 0 saturated heterocycles. The fourth-order valence-electron chi connectivity index (χ4n) is 4.21. The standard InChI is InChI=1S/C26H33NO/c1-22(2)27(21-23-13-5-3-6-14-23)20-12-11-19-26(28,25-17-9-10-18-25)24-15-7-4-8-16-24/h3-8,13-16,22,25,28H,9-10,17-21H2,1-2H3. The molecule has 2 heteroatoms. The van der Waals surface area contributed by atoms with Gasteiger partial charge in [0.2, 0.25) is 0 Å². The summed E-state index contributed by atoms with van der Waals surface area (Å²) in [7, 11) is 0. The van der Waals surface area contributed by atoms with E-state index in [2.05, 4.69) is 73.1 Å². The molecule has 1 unspecified atom stereocenters. The number of nitrogens with zero attached hydrogens (tertiary/aromatic N) is 1. The molecule has 3 rings (SSSR count). The van der Waals surface area contributed by atoms with Crippen LogP contribution in [0.2, 0.25) is 0 Å². The van der Waals surface area contributed by atoms with Crippen molar-refractivity contribution in [2.75, 3.05) is 6.54 Å². The van der Waals surface area contributed by atoms with Crippen LogP contribution < -0.4 is 0 Å². The summed E-state index contributed by atoms with van der Waals surface area (Å²) in [6.07, 6.45) is 5.13. The monoisotopic (exact) mass is 375 g/mol. The minimum absolute atomic E-state index is 0.315. The Morgan fingerprint density at radius 3 is 2.18 bits per heavy atom. The molecule has 1 atom stereocenters.